The first-order valence-electron chi connectivity index (χ1n) is 6.05. The average molecular weight is 212 g/mol. The molecule has 0 radical (unpaired) electrons. The molecule has 1 aliphatic carbocycles. The highest BCUT2D eigenvalue weighted by molar-refractivity contribution is 5.81. The van der Waals surface area contributed by atoms with Gasteiger partial charge in [-0.2, -0.15) is 0 Å². The minimum atomic E-state index is -0.341. The summed E-state index contributed by atoms with van der Waals surface area (Å²) in [4.78, 5) is 11.7. The van der Waals surface area contributed by atoms with Crippen LogP contribution in [-0.4, -0.2) is 18.0 Å². The Morgan fingerprint density at radius 3 is 2.47 bits per heavy atom. The fourth-order valence-electron chi connectivity index (χ4n) is 1.88. The summed E-state index contributed by atoms with van der Waals surface area (Å²) in [5, 5.41) is 2.99. The van der Waals surface area contributed by atoms with Gasteiger partial charge in [0.15, 0.2) is 0 Å². The van der Waals surface area contributed by atoms with Crippen LogP contribution in [0.4, 0.5) is 0 Å². The van der Waals surface area contributed by atoms with Crippen LogP contribution >= 0.6 is 0 Å². The Morgan fingerprint density at radius 2 is 2.00 bits per heavy atom. The Hall–Kier alpha value is -0.570. The SMILES string of the molecule is CC(C)C[C@H](N)C(=O)NC(C)CC1CC1. The molecule has 3 N–H and O–H groups in total. The minimum Gasteiger partial charge on any atom is -0.352 e. The minimum absolute atomic E-state index is 0.0110. The van der Waals surface area contributed by atoms with Gasteiger partial charge in [-0.15, -0.1) is 0 Å². The summed E-state index contributed by atoms with van der Waals surface area (Å²) in [5.41, 5.74) is 5.80. The number of hydrogen-bond donors (Lipinski definition) is 2. The van der Waals surface area contributed by atoms with Gasteiger partial charge in [-0.05, 0) is 31.6 Å². The van der Waals surface area contributed by atoms with Gasteiger partial charge >= 0.3 is 0 Å². The van der Waals surface area contributed by atoms with E-state index in [2.05, 4.69) is 26.1 Å². The van der Waals surface area contributed by atoms with Crippen LogP contribution in [0.5, 0.6) is 0 Å². The van der Waals surface area contributed by atoms with E-state index in [4.69, 9.17) is 5.73 Å². The van der Waals surface area contributed by atoms with E-state index in [-0.39, 0.29) is 18.0 Å². The summed E-state index contributed by atoms with van der Waals surface area (Å²) in [6.45, 7) is 6.24. The summed E-state index contributed by atoms with van der Waals surface area (Å²) in [6, 6.07) is -0.0603. The molecule has 3 heteroatoms. The van der Waals surface area contributed by atoms with Crippen LogP contribution in [0, 0.1) is 11.8 Å². The molecular weight excluding hydrogens is 188 g/mol. The van der Waals surface area contributed by atoms with E-state index in [1.807, 2.05) is 0 Å². The van der Waals surface area contributed by atoms with Gasteiger partial charge in [-0.1, -0.05) is 26.7 Å². The van der Waals surface area contributed by atoms with Crippen molar-refractivity contribution in [3.8, 4) is 0 Å². The Morgan fingerprint density at radius 1 is 1.40 bits per heavy atom. The van der Waals surface area contributed by atoms with Crippen LogP contribution < -0.4 is 11.1 Å². The summed E-state index contributed by atoms with van der Waals surface area (Å²) in [7, 11) is 0. The lowest BCUT2D eigenvalue weighted by molar-refractivity contribution is -0.123. The van der Waals surface area contributed by atoms with Gasteiger partial charge in [0.25, 0.3) is 0 Å². The third-order valence-corrected chi connectivity index (χ3v) is 2.83. The summed E-state index contributed by atoms with van der Waals surface area (Å²) >= 11 is 0. The molecule has 0 aromatic heterocycles. The van der Waals surface area contributed by atoms with Crippen molar-refractivity contribution in [2.24, 2.45) is 17.6 Å². The molecule has 1 saturated carbocycles. The van der Waals surface area contributed by atoms with Crippen LogP contribution in [0.25, 0.3) is 0 Å². The zero-order chi connectivity index (χ0) is 11.4. The molecule has 1 amide bonds. The molecule has 15 heavy (non-hydrogen) atoms. The predicted molar refractivity (Wildman–Crippen MR) is 62.4 cm³/mol. The molecule has 0 heterocycles. The van der Waals surface area contributed by atoms with E-state index in [9.17, 15) is 4.79 Å². The first-order chi connectivity index (χ1) is 6.99. The van der Waals surface area contributed by atoms with Gasteiger partial charge in [0.2, 0.25) is 5.91 Å². The van der Waals surface area contributed by atoms with Gasteiger partial charge in [0, 0.05) is 6.04 Å². The fourth-order valence-corrected chi connectivity index (χ4v) is 1.88. The number of nitrogens with two attached hydrogens (primary N) is 1. The molecular formula is C12H24N2O. The van der Waals surface area contributed by atoms with Crippen molar-refractivity contribution in [1.29, 1.82) is 0 Å². The Labute approximate surface area is 92.8 Å². The molecule has 2 atom stereocenters. The number of amides is 1. The predicted octanol–water partition coefficient (Wildman–Crippen LogP) is 1.66. The largest absolute Gasteiger partial charge is 0.352 e. The number of hydrogen-bond acceptors (Lipinski definition) is 2. The van der Waals surface area contributed by atoms with Crippen molar-refractivity contribution >= 4 is 5.91 Å². The third kappa shape index (κ3) is 5.17. The van der Waals surface area contributed by atoms with Crippen molar-refractivity contribution < 1.29 is 4.79 Å². The fraction of sp³-hybridized carbons (Fsp3) is 0.917. The molecule has 0 aliphatic heterocycles. The number of rotatable bonds is 6. The second kappa shape index (κ2) is 5.50. The molecule has 1 aliphatic rings. The molecule has 1 unspecified atom stereocenters. The second-order valence-electron chi connectivity index (χ2n) is 5.32. The highest BCUT2D eigenvalue weighted by atomic mass is 16.2. The van der Waals surface area contributed by atoms with E-state index in [0.717, 1.165) is 18.8 Å². The van der Waals surface area contributed by atoms with Crippen molar-refractivity contribution in [2.45, 2.75) is 58.5 Å². The number of carbonyl (C=O) groups is 1. The van der Waals surface area contributed by atoms with Crippen LogP contribution in [-0.2, 0) is 4.79 Å². The van der Waals surface area contributed by atoms with Crippen molar-refractivity contribution in [3.63, 3.8) is 0 Å². The topological polar surface area (TPSA) is 55.1 Å². The maximum absolute atomic E-state index is 11.7. The van der Waals surface area contributed by atoms with E-state index in [1.165, 1.54) is 12.8 Å². The first-order valence-corrected chi connectivity index (χ1v) is 6.05. The maximum Gasteiger partial charge on any atom is 0.237 e. The number of carbonyl (C=O) groups excluding carboxylic acids is 1. The number of nitrogens with one attached hydrogen (secondary N) is 1. The van der Waals surface area contributed by atoms with Crippen molar-refractivity contribution in [3.05, 3.63) is 0 Å². The smallest absolute Gasteiger partial charge is 0.237 e. The molecule has 0 aromatic carbocycles. The lowest BCUT2D eigenvalue weighted by atomic mass is 10.0. The quantitative estimate of drug-likeness (QED) is 0.703. The summed E-state index contributed by atoms with van der Waals surface area (Å²) < 4.78 is 0. The van der Waals surface area contributed by atoms with Crippen molar-refractivity contribution in [2.75, 3.05) is 0 Å². The zero-order valence-electron chi connectivity index (χ0n) is 10.1. The molecule has 0 aromatic rings. The average Bonchev–Trinajstić information content (AvgIpc) is 2.86. The highest BCUT2D eigenvalue weighted by Crippen LogP contribution is 2.33. The molecule has 88 valence electrons. The van der Waals surface area contributed by atoms with E-state index < -0.39 is 0 Å². The summed E-state index contributed by atoms with van der Waals surface area (Å²) in [5.74, 6) is 1.34. The first kappa shape index (κ1) is 12.5. The van der Waals surface area contributed by atoms with E-state index in [1.54, 1.807) is 0 Å². The molecule has 3 nitrogen and oxygen atoms in total. The van der Waals surface area contributed by atoms with Crippen LogP contribution in [0.2, 0.25) is 0 Å². The zero-order valence-corrected chi connectivity index (χ0v) is 10.1. The van der Waals surface area contributed by atoms with Crippen LogP contribution in [0.3, 0.4) is 0 Å². The monoisotopic (exact) mass is 212 g/mol. The lowest BCUT2D eigenvalue weighted by Gasteiger charge is -2.18. The normalized spacial score (nSPS) is 20.1. The Balaban J connectivity index is 2.20. The van der Waals surface area contributed by atoms with E-state index in [0.29, 0.717) is 5.92 Å². The molecule has 0 saturated heterocycles. The molecule has 0 spiro atoms. The standard InChI is InChI=1S/C12H24N2O/c1-8(2)6-11(13)12(15)14-9(3)7-10-4-5-10/h8-11H,4-7,13H2,1-3H3,(H,14,15)/t9?,11-/m0/s1. The lowest BCUT2D eigenvalue weighted by Crippen LogP contribution is -2.45. The molecule has 1 rings (SSSR count). The Kier molecular flexibility index (Phi) is 4.58. The van der Waals surface area contributed by atoms with Crippen LogP contribution in [0.15, 0.2) is 0 Å². The van der Waals surface area contributed by atoms with Crippen molar-refractivity contribution in [1.82, 2.24) is 5.32 Å². The van der Waals surface area contributed by atoms with Crippen LogP contribution in [0.1, 0.15) is 46.5 Å². The third-order valence-electron chi connectivity index (χ3n) is 2.83. The maximum atomic E-state index is 11.7. The van der Waals surface area contributed by atoms with Gasteiger partial charge in [-0.25, -0.2) is 0 Å². The highest BCUT2D eigenvalue weighted by Gasteiger charge is 2.25. The second-order valence-corrected chi connectivity index (χ2v) is 5.32. The van der Waals surface area contributed by atoms with E-state index >= 15 is 0 Å². The molecule has 1 fully saturated rings. The molecule has 0 bridgehead atoms. The van der Waals surface area contributed by atoms with Gasteiger partial charge in [0.1, 0.15) is 0 Å². The Bertz CT molecular complexity index is 212. The van der Waals surface area contributed by atoms with Gasteiger partial charge < -0.3 is 11.1 Å². The summed E-state index contributed by atoms with van der Waals surface area (Å²) in [6.07, 6.45) is 4.54. The van der Waals surface area contributed by atoms with Gasteiger partial charge in [0.05, 0.1) is 6.04 Å². The van der Waals surface area contributed by atoms with Gasteiger partial charge in [-0.3, -0.25) is 4.79 Å².